The van der Waals surface area contributed by atoms with Gasteiger partial charge in [-0.3, -0.25) is 15.0 Å². The van der Waals surface area contributed by atoms with Crippen LogP contribution in [0.15, 0.2) is 35.9 Å². The van der Waals surface area contributed by atoms with E-state index in [2.05, 4.69) is 16.7 Å². The lowest BCUT2D eigenvalue weighted by Crippen LogP contribution is -2.52. The van der Waals surface area contributed by atoms with Crippen LogP contribution in [0, 0.1) is 34.5 Å². The minimum Gasteiger partial charge on any atom is -0.365 e. The van der Waals surface area contributed by atoms with Gasteiger partial charge in [0.2, 0.25) is 5.91 Å². The first-order valence-electron chi connectivity index (χ1n) is 10.8. The molecule has 176 valence electrons. The third-order valence-electron chi connectivity index (χ3n) is 6.24. The predicted molar refractivity (Wildman–Crippen MR) is 121 cm³/mol. The fraction of sp³-hybridized carbons (Fsp3) is 0.478. The molecule has 10 heteroatoms. The summed E-state index contributed by atoms with van der Waals surface area (Å²) in [5.74, 6) is -4.85. The average Bonchev–Trinajstić information content (AvgIpc) is 2.74. The van der Waals surface area contributed by atoms with E-state index in [-0.39, 0.29) is 36.1 Å². The zero-order valence-electron chi connectivity index (χ0n) is 17.9. The van der Waals surface area contributed by atoms with Crippen molar-refractivity contribution in [1.82, 2.24) is 5.32 Å². The molecule has 2 amide bonds. The van der Waals surface area contributed by atoms with E-state index in [1.54, 1.807) is 30.3 Å². The van der Waals surface area contributed by atoms with E-state index in [1.807, 2.05) is 0 Å². The van der Waals surface area contributed by atoms with E-state index in [0.29, 0.717) is 36.4 Å². The van der Waals surface area contributed by atoms with Crippen molar-refractivity contribution in [3.05, 3.63) is 40.9 Å². The van der Waals surface area contributed by atoms with Gasteiger partial charge < -0.3 is 16.4 Å². The number of amides is 2. The number of nitrogens with two attached hydrogens (primary N) is 1. The Balaban J connectivity index is 1.57. The predicted octanol–water partition coefficient (Wildman–Crippen LogP) is 4.00. The summed E-state index contributed by atoms with van der Waals surface area (Å²) in [5.41, 5.74) is 6.04. The zero-order chi connectivity index (χ0) is 24.2. The van der Waals surface area contributed by atoms with Crippen LogP contribution >= 0.6 is 11.6 Å². The quantitative estimate of drug-likeness (QED) is 0.268. The molecule has 0 spiro atoms. The van der Waals surface area contributed by atoms with Gasteiger partial charge in [0.05, 0.1) is 17.6 Å². The molecular formula is C23H26ClF2N5O2. The lowest BCUT2D eigenvalue weighted by Gasteiger charge is -2.37. The highest BCUT2D eigenvalue weighted by Crippen LogP contribution is 2.39. The number of nitrogens with one attached hydrogen (secondary N) is 3. The molecule has 1 aromatic rings. The highest BCUT2D eigenvalue weighted by Gasteiger charge is 2.46. The summed E-state index contributed by atoms with van der Waals surface area (Å²) in [6.07, 6.45) is 2.65. The largest absolute Gasteiger partial charge is 0.365 e. The number of hydrogen-bond acceptors (Lipinski definition) is 4. The van der Waals surface area contributed by atoms with E-state index in [4.69, 9.17) is 22.7 Å². The Kier molecular flexibility index (Phi) is 7.69. The van der Waals surface area contributed by atoms with Crippen LogP contribution < -0.4 is 16.4 Å². The standard InChI is InChI=1S/C23H26ClF2N5O2/c24-16-4-6-17(7-5-16)30-20(28)19(21(29)32)8-3-13-1-2-14(9-15(13)12-27)22(33)31-18-10-23(25,26)11-18/h4-8,13-15,18H,1-3,9-11H2,(H2,28,30)(H2,29,32)(H,31,33)/b19-8+/t13?,14-,15+/m1/s1. The number of amidine groups is 1. The van der Waals surface area contributed by atoms with Gasteiger partial charge in [-0.2, -0.15) is 5.26 Å². The smallest absolute Gasteiger partial charge is 0.252 e. The fourth-order valence-corrected chi connectivity index (χ4v) is 4.46. The van der Waals surface area contributed by atoms with Crippen molar-refractivity contribution in [2.24, 2.45) is 23.5 Å². The molecule has 33 heavy (non-hydrogen) atoms. The molecule has 2 aliphatic rings. The Labute approximate surface area is 195 Å². The lowest BCUT2D eigenvalue weighted by atomic mass is 9.72. The molecule has 2 saturated carbocycles. The van der Waals surface area contributed by atoms with Crippen molar-refractivity contribution in [3.63, 3.8) is 0 Å². The van der Waals surface area contributed by atoms with Crippen LogP contribution in [0.1, 0.15) is 38.5 Å². The van der Waals surface area contributed by atoms with Crippen molar-refractivity contribution < 1.29 is 18.4 Å². The number of nitriles is 1. The van der Waals surface area contributed by atoms with Crippen molar-refractivity contribution in [3.8, 4) is 6.07 Å². The van der Waals surface area contributed by atoms with Gasteiger partial charge in [-0.05, 0) is 55.9 Å². The number of alkyl halides is 2. The number of allylic oxidation sites excluding steroid dienone is 1. The molecule has 3 atom stereocenters. The van der Waals surface area contributed by atoms with Gasteiger partial charge in [-0.25, -0.2) is 8.78 Å². The number of hydrogen-bond donors (Lipinski definition) is 4. The summed E-state index contributed by atoms with van der Waals surface area (Å²) in [6, 6.07) is 8.35. The van der Waals surface area contributed by atoms with Crippen LogP contribution in [0.25, 0.3) is 0 Å². The molecule has 0 aliphatic heterocycles. The van der Waals surface area contributed by atoms with Crippen LogP contribution in [-0.2, 0) is 9.59 Å². The maximum absolute atomic E-state index is 13.0. The van der Waals surface area contributed by atoms with Gasteiger partial charge in [0, 0.05) is 35.5 Å². The van der Waals surface area contributed by atoms with Crippen LogP contribution in [-0.4, -0.2) is 29.6 Å². The SMILES string of the molecule is N#C[C@@H]1C[C@H](C(=O)NC2CC(F)(F)C2)CCC1C/C=C(\C(=N)Nc1ccc(Cl)cc1)C(N)=O. The Hall–Kier alpha value is -2.99. The van der Waals surface area contributed by atoms with E-state index in [1.165, 1.54) is 0 Å². The first kappa shape index (κ1) is 24.6. The average molecular weight is 478 g/mol. The van der Waals surface area contributed by atoms with Gasteiger partial charge in [0.25, 0.3) is 11.8 Å². The van der Waals surface area contributed by atoms with Crippen LogP contribution in [0.2, 0.25) is 5.02 Å². The minimum absolute atomic E-state index is 0.00687. The molecule has 0 aromatic heterocycles. The third kappa shape index (κ3) is 6.51. The Bertz CT molecular complexity index is 982. The first-order valence-corrected chi connectivity index (χ1v) is 11.1. The number of anilines is 1. The zero-order valence-corrected chi connectivity index (χ0v) is 18.7. The van der Waals surface area contributed by atoms with Crippen molar-refractivity contribution in [1.29, 1.82) is 10.7 Å². The fourth-order valence-electron chi connectivity index (χ4n) is 4.33. The molecule has 0 bridgehead atoms. The number of carbonyl (C=O) groups is 2. The topological polar surface area (TPSA) is 132 Å². The maximum atomic E-state index is 13.0. The molecule has 0 heterocycles. The number of benzene rings is 1. The van der Waals surface area contributed by atoms with Gasteiger partial charge in [-0.1, -0.05) is 17.7 Å². The molecule has 1 aromatic carbocycles. The molecule has 1 unspecified atom stereocenters. The van der Waals surface area contributed by atoms with Gasteiger partial charge >= 0.3 is 0 Å². The Morgan fingerprint density at radius 3 is 2.52 bits per heavy atom. The molecule has 0 radical (unpaired) electrons. The third-order valence-corrected chi connectivity index (χ3v) is 6.49. The summed E-state index contributed by atoms with van der Waals surface area (Å²) in [5, 5.41) is 23.8. The monoisotopic (exact) mass is 477 g/mol. The van der Waals surface area contributed by atoms with E-state index in [0.717, 1.165) is 0 Å². The number of nitrogens with zero attached hydrogens (tertiary/aromatic N) is 1. The normalized spacial score (nSPS) is 24.8. The summed E-state index contributed by atoms with van der Waals surface area (Å²) >= 11 is 5.85. The molecule has 5 N–H and O–H groups in total. The highest BCUT2D eigenvalue weighted by molar-refractivity contribution is 6.30. The molecule has 3 rings (SSSR count). The summed E-state index contributed by atoms with van der Waals surface area (Å²) in [6.45, 7) is 0. The van der Waals surface area contributed by atoms with E-state index in [9.17, 15) is 23.6 Å². The second-order valence-electron chi connectivity index (χ2n) is 8.70. The molecule has 7 nitrogen and oxygen atoms in total. The molecule has 2 fully saturated rings. The van der Waals surface area contributed by atoms with Crippen molar-refractivity contribution >= 4 is 34.9 Å². The van der Waals surface area contributed by atoms with Gasteiger partial charge in [-0.15, -0.1) is 0 Å². The van der Waals surface area contributed by atoms with Crippen LogP contribution in [0.5, 0.6) is 0 Å². The lowest BCUT2D eigenvalue weighted by molar-refractivity contribution is -0.134. The van der Waals surface area contributed by atoms with Gasteiger partial charge in [0.1, 0.15) is 5.84 Å². The summed E-state index contributed by atoms with van der Waals surface area (Å²) < 4.78 is 26.0. The van der Waals surface area contributed by atoms with Crippen molar-refractivity contribution in [2.75, 3.05) is 5.32 Å². The number of rotatable bonds is 7. The Morgan fingerprint density at radius 1 is 1.27 bits per heavy atom. The number of halogens is 3. The minimum atomic E-state index is -2.70. The number of primary amides is 1. The molecule has 0 saturated heterocycles. The summed E-state index contributed by atoms with van der Waals surface area (Å²) in [7, 11) is 0. The first-order chi connectivity index (χ1) is 15.6. The molecular weight excluding hydrogens is 452 g/mol. The second-order valence-corrected chi connectivity index (χ2v) is 9.14. The van der Waals surface area contributed by atoms with Crippen LogP contribution in [0.4, 0.5) is 14.5 Å². The highest BCUT2D eigenvalue weighted by atomic mass is 35.5. The Morgan fingerprint density at radius 2 is 1.94 bits per heavy atom. The van der Waals surface area contributed by atoms with Crippen LogP contribution in [0.3, 0.4) is 0 Å². The van der Waals surface area contributed by atoms with Crippen molar-refractivity contribution in [2.45, 2.75) is 50.5 Å². The summed E-state index contributed by atoms with van der Waals surface area (Å²) in [4.78, 5) is 24.4. The van der Waals surface area contributed by atoms with E-state index < -0.39 is 29.7 Å². The van der Waals surface area contributed by atoms with E-state index >= 15 is 0 Å². The number of carbonyl (C=O) groups excluding carboxylic acids is 2. The maximum Gasteiger partial charge on any atom is 0.252 e. The molecule has 2 aliphatic carbocycles. The van der Waals surface area contributed by atoms with Gasteiger partial charge in [0.15, 0.2) is 0 Å². The second kappa shape index (κ2) is 10.3.